The molecule has 0 aromatic carbocycles. The zero-order chi connectivity index (χ0) is 13.2. The highest BCUT2D eigenvalue weighted by Gasteiger charge is 2.17. The Morgan fingerprint density at radius 2 is 2.21 bits per heavy atom. The predicted octanol–water partition coefficient (Wildman–Crippen LogP) is 1.64. The van der Waals surface area contributed by atoms with Crippen LogP contribution in [0.5, 0.6) is 0 Å². The molecule has 3 rings (SSSR count). The van der Waals surface area contributed by atoms with Gasteiger partial charge < -0.3 is 5.32 Å². The van der Waals surface area contributed by atoms with Gasteiger partial charge in [0.25, 0.3) is 0 Å². The summed E-state index contributed by atoms with van der Waals surface area (Å²) in [5.74, 6) is 0.691. The molecule has 1 aliphatic rings. The molecule has 5 heteroatoms. The first-order chi connectivity index (χ1) is 9.24. The second-order valence-electron chi connectivity index (χ2n) is 5.27. The smallest absolute Gasteiger partial charge is 0.0925 e. The van der Waals surface area contributed by atoms with Crippen LogP contribution in [0.2, 0.25) is 0 Å². The predicted molar refractivity (Wildman–Crippen MR) is 73.8 cm³/mol. The zero-order valence-corrected chi connectivity index (χ0v) is 11.4. The summed E-state index contributed by atoms with van der Waals surface area (Å²) in [4.78, 5) is 9.09. The highest BCUT2D eigenvalue weighted by molar-refractivity contribution is 5.63. The van der Waals surface area contributed by atoms with Crippen LogP contribution in [0.25, 0.3) is 11.3 Å². The maximum absolute atomic E-state index is 4.75. The van der Waals surface area contributed by atoms with Crippen LogP contribution in [0.1, 0.15) is 23.5 Å². The van der Waals surface area contributed by atoms with E-state index in [9.17, 15) is 0 Å². The Hall–Kier alpha value is -1.75. The van der Waals surface area contributed by atoms with Crippen molar-refractivity contribution in [1.82, 2.24) is 25.5 Å². The molecule has 0 spiro atoms. The number of hydrogen-bond acceptors (Lipinski definition) is 4. The van der Waals surface area contributed by atoms with Gasteiger partial charge in [-0.25, -0.2) is 4.98 Å². The zero-order valence-electron chi connectivity index (χ0n) is 11.4. The Balaban J connectivity index is 1.87. The number of aryl methyl sites for hydroxylation is 2. The second kappa shape index (κ2) is 5.09. The van der Waals surface area contributed by atoms with Gasteiger partial charge in [0, 0.05) is 17.5 Å². The van der Waals surface area contributed by atoms with Gasteiger partial charge in [-0.1, -0.05) is 0 Å². The fraction of sp³-hybridized carbons (Fsp3) is 0.500. The number of aromatic nitrogens is 4. The molecule has 3 heterocycles. The van der Waals surface area contributed by atoms with Gasteiger partial charge in [0.15, 0.2) is 0 Å². The van der Waals surface area contributed by atoms with Crippen LogP contribution in [-0.2, 0) is 6.42 Å². The second-order valence-corrected chi connectivity index (χ2v) is 5.27. The summed E-state index contributed by atoms with van der Waals surface area (Å²) in [6.45, 7) is 6.23. The van der Waals surface area contributed by atoms with Gasteiger partial charge in [0.05, 0.1) is 23.3 Å². The lowest BCUT2D eigenvalue weighted by Gasteiger charge is -2.08. The Morgan fingerprint density at radius 3 is 2.89 bits per heavy atom. The fourth-order valence-corrected chi connectivity index (χ4v) is 2.74. The van der Waals surface area contributed by atoms with Crippen LogP contribution < -0.4 is 5.32 Å². The molecule has 1 atom stereocenters. The van der Waals surface area contributed by atoms with Crippen molar-refractivity contribution < 1.29 is 0 Å². The summed E-state index contributed by atoms with van der Waals surface area (Å²) in [5.41, 5.74) is 5.11. The lowest BCUT2D eigenvalue weighted by atomic mass is 10.0. The number of aromatic amines is 1. The third-order valence-corrected chi connectivity index (χ3v) is 3.73. The molecule has 0 unspecified atom stereocenters. The van der Waals surface area contributed by atoms with Gasteiger partial charge in [-0.2, -0.15) is 5.10 Å². The summed E-state index contributed by atoms with van der Waals surface area (Å²) < 4.78 is 0. The van der Waals surface area contributed by atoms with Crippen molar-refractivity contribution in [2.24, 2.45) is 5.92 Å². The van der Waals surface area contributed by atoms with Gasteiger partial charge in [-0.05, 0) is 45.7 Å². The Labute approximate surface area is 112 Å². The normalized spacial score (nSPS) is 18.9. The number of nitrogens with zero attached hydrogens (tertiary/aromatic N) is 3. The van der Waals surface area contributed by atoms with Crippen LogP contribution in [-0.4, -0.2) is 33.3 Å². The van der Waals surface area contributed by atoms with Crippen molar-refractivity contribution in [3.63, 3.8) is 0 Å². The number of rotatable bonds is 3. The van der Waals surface area contributed by atoms with Gasteiger partial charge in [0.1, 0.15) is 0 Å². The lowest BCUT2D eigenvalue weighted by molar-refractivity contribution is 0.570. The minimum atomic E-state index is 0.691. The average Bonchev–Trinajstić information content (AvgIpc) is 3.00. The van der Waals surface area contributed by atoms with E-state index in [1.54, 1.807) is 0 Å². The van der Waals surface area contributed by atoms with E-state index in [1.807, 2.05) is 26.2 Å². The molecule has 2 N–H and O–H groups in total. The molecule has 19 heavy (non-hydrogen) atoms. The summed E-state index contributed by atoms with van der Waals surface area (Å²) in [7, 11) is 0. The van der Waals surface area contributed by atoms with E-state index in [0.717, 1.165) is 47.8 Å². The first-order valence-electron chi connectivity index (χ1n) is 6.77. The first kappa shape index (κ1) is 12.3. The maximum atomic E-state index is 4.75. The fourth-order valence-electron chi connectivity index (χ4n) is 2.74. The first-order valence-corrected chi connectivity index (χ1v) is 6.77. The van der Waals surface area contributed by atoms with Crippen LogP contribution in [0.3, 0.4) is 0 Å². The minimum Gasteiger partial charge on any atom is -0.316 e. The molecule has 0 bridgehead atoms. The Bertz CT molecular complexity index is 549. The molecule has 0 radical (unpaired) electrons. The van der Waals surface area contributed by atoms with E-state index >= 15 is 0 Å². The van der Waals surface area contributed by atoms with Crippen molar-refractivity contribution in [2.45, 2.75) is 26.7 Å². The van der Waals surface area contributed by atoms with Crippen LogP contribution in [0.4, 0.5) is 0 Å². The van der Waals surface area contributed by atoms with Gasteiger partial charge in [-0.3, -0.25) is 10.1 Å². The average molecular weight is 257 g/mol. The van der Waals surface area contributed by atoms with E-state index in [2.05, 4.69) is 20.5 Å². The van der Waals surface area contributed by atoms with Gasteiger partial charge in [0.2, 0.25) is 0 Å². The standard InChI is InChI=1S/C14H19N5/c1-9-14(10(2)19-18-9)13-8-16-7-12(17-13)5-11-3-4-15-6-11/h7-8,11,15H,3-6H2,1-2H3,(H,18,19)/t11-/m1/s1. The monoisotopic (exact) mass is 257 g/mol. The molecule has 1 aliphatic heterocycles. The topological polar surface area (TPSA) is 66.5 Å². The van der Waals surface area contributed by atoms with Crippen molar-refractivity contribution in [3.05, 3.63) is 29.5 Å². The Kier molecular flexibility index (Phi) is 3.29. The summed E-state index contributed by atoms with van der Waals surface area (Å²) in [6, 6.07) is 0. The summed E-state index contributed by atoms with van der Waals surface area (Å²) in [6.07, 6.45) is 5.94. The largest absolute Gasteiger partial charge is 0.316 e. The number of hydrogen-bond donors (Lipinski definition) is 2. The highest BCUT2D eigenvalue weighted by atomic mass is 15.1. The molecular formula is C14H19N5. The number of H-pyrrole nitrogens is 1. The molecule has 1 fully saturated rings. The summed E-state index contributed by atoms with van der Waals surface area (Å²) >= 11 is 0. The molecule has 100 valence electrons. The molecule has 1 saturated heterocycles. The summed E-state index contributed by atoms with van der Waals surface area (Å²) in [5, 5.41) is 10.6. The van der Waals surface area contributed by atoms with E-state index in [0.29, 0.717) is 5.92 Å². The molecule has 0 aliphatic carbocycles. The van der Waals surface area contributed by atoms with E-state index in [4.69, 9.17) is 4.98 Å². The molecule has 0 saturated carbocycles. The Morgan fingerprint density at radius 1 is 1.32 bits per heavy atom. The lowest BCUT2D eigenvalue weighted by Crippen LogP contribution is -2.11. The minimum absolute atomic E-state index is 0.691. The molecule has 2 aromatic heterocycles. The third kappa shape index (κ3) is 2.51. The molecule has 2 aromatic rings. The van der Waals surface area contributed by atoms with Crippen molar-refractivity contribution in [2.75, 3.05) is 13.1 Å². The molecular weight excluding hydrogens is 238 g/mol. The van der Waals surface area contributed by atoms with Crippen molar-refractivity contribution in [1.29, 1.82) is 0 Å². The van der Waals surface area contributed by atoms with Crippen molar-refractivity contribution >= 4 is 0 Å². The van der Waals surface area contributed by atoms with Crippen molar-refractivity contribution in [3.8, 4) is 11.3 Å². The van der Waals surface area contributed by atoms with E-state index in [-0.39, 0.29) is 0 Å². The molecule has 5 nitrogen and oxygen atoms in total. The SMILES string of the molecule is Cc1n[nH]c(C)c1-c1cncc(C[C@H]2CCNC2)n1. The van der Waals surface area contributed by atoms with Crippen LogP contribution in [0.15, 0.2) is 12.4 Å². The van der Waals surface area contributed by atoms with Gasteiger partial charge >= 0.3 is 0 Å². The number of nitrogens with one attached hydrogen (secondary N) is 2. The molecule has 0 amide bonds. The van der Waals surface area contributed by atoms with Gasteiger partial charge in [-0.15, -0.1) is 0 Å². The third-order valence-electron chi connectivity index (χ3n) is 3.73. The van der Waals surface area contributed by atoms with E-state index < -0.39 is 0 Å². The van der Waals surface area contributed by atoms with E-state index in [1.165, 1.54) is 6.42 Å². The maximum Gasteiger partial charge on any atom is 0.0925 e. The quantitative estimate of drug-likeness (QED) is 0.877. The highest BCUT2D eigenvalue weighted by Crippen LogP contribution is 2.23. The van der Waals surface area contributed by atoms with Crippen LogP contribution >= 0.6 is 0 Å². The van der Waals surface area contributed by atoms with Crippen LogP contribution in [0, 0.1) is 19.8 Å².